The first-order valence-corrected chi connectivity index (χ1v) is 10.4. The summed E-state index contributed by atoms with van der Waals surface area (Å²) >= 11 is 0. The molecular formula is C23H30N4O6. The maximum absolute atomic E-state index is 12.5. The van der Waals surface area contributed by atoms with Crippen molar-refractivity contribution < 1.29 is 28.6 Å². The van der Waals surface area contributed by atoms with Crippen molar-refractivity contribution in [2.45, 2.75) is 57.3 Å². The number of aromatic amines is 1. The molecule has 3 atom stereocenters. The van der Waals surface area contributed by atoms with Crippen molar-refractivity contribution in [3.05, 3.63) is 36.0 Å². The molecule has 0 radical (unpaired) electrons. The van der Waals surface area contributed by atoms with Gasteiger partial charge in [-0.2, -0.15) is 5.26 Å². The van der Waals surface area contributed by atoms with Gasteiger partial charge < -0.3 is 24.5 Å². The summed E-state index contributed by atoms with van der Waals surface area (Å²) in [6.07, 6.45) is 1.00. The summed E-state index contributed by atoms with van der Waals surface area (Å²) in [6, 6.07) is 6.71. The molecule has 10 heteroatoms. The Hall–Kier alpha value is -3.58. The summed E-state index contributed by atoms with van der Waals surface area (Å²) in [5.74, 6) is -1.38. The van der Waals surface area contributed by atoms with E-state index in [4.69, 9.17) is 9.47 Å². The van der Waals surface area contributed by atoms with Gasteiger partial charge in [-0.15, -0.1) is 0 Å². The zero-order valence-electron chi connectivity index (χ0n) is 19.4. The van der Waals surface area contributed by atoms with Crippen LogP contribution in [0, 0.1) is 11.3 Å². The number of nitriles is 1. The first-order chi connectivity index (χ1) is 15.6. The molecule has 33 heavy (non-hydrogen) atoms. The van der Waals surface area contributed by atoms with Gasteiger partial charge >= 0.3 is 18.0 Å². The van der Waals surface area contributed by atoms with Crippen molar-refractivity contribution in [1.29, 1.82) is 5.26 Å². The molecular weight excluding hydrogens is 428 g/mol. The normalized spacial score (nSPS) is 13.9. The molecule has 1 aromatic carbocycles. The Morgan fingerprint density at radius 2 is 1.85 bits per heavy atom. The second-order valence-electron chi connectivity index (χ2n) is 8.45. The number of amides is 1. The highest BCUT2D eigenvalue weighted by Gasteiger charge is 2.32. The average Bonchev–Trinajstić information content (AvgIpc) is 3.17. The summed E-state index contributed by atoms with van der Waals surface area (Å²) in [6.45, 7) is 5.18. The lowest BCUT2D eigenvalue weighted by molar-refractivity contribution is -0.149. The number of ether oxygens (including phenoxy) is 3. The molecule has 10 nitrogen and oxygen atoms in total. The van der Waals surface area contributed by atoms with Gasteiger partial charge in [-0.05, 0) is 38.8 Å². The van der Waals surface area contributed by atoms with Gasteiger partial charge in [-0.3, -0.25) is 14.9 Å². The van der Waals surface area contributed by atoms with Crippen molar-refractivity contribution in [3.8, 4) is 6.07 Å². The molecule has 2 aromatic rings. The van der Waals surface area contributed by atoms with E-state index < -0.39 is 41.8 Å². The van der Waals surface area contributed by atoms with Crippen molar-refractivity contribution in [2.75, 3.05) is 14.2 Å². The van der Waals surface area contributed by atoms with E-state index in [0.717, 1.165) is 16.5 Å². The number of rotatable bonds is 9. The molecule has 2 rings (SSSR count). The fourth-order valence-corrected chi connectivity index (χ4v) is 3.31. The maximum atomic E-state index is 12.5. The molecule has 0 saturated carbocycles. The summed E-state index contributed by atoms with van der Waals surface area (Å²) < 4.78 is 14.8. The molecule has 1 heterocycles. The van der Waals surface area contributed by atoms with Crippen LogP contribution in [0.1, 0.15) is 32.8 Å². The van der Waals surface area contributed by atoms with Crippen LogP contribution in [0.4, 0.5) is 4.79 Å². The van der Waals surface area contributed by atoms with Gasteiger partial charge in [0.1, 0.15) is 17.7 Å². The number of aromatic nitrogens is 1. The van der Waals surface area contributed by atoms with Crippen LogP contribution in [0.25, 0.3) is 10.9 Å². The number of esters is 2. The van der Waals surface area contributed by atoms with Crippen molar-refractivity contribution in [2.24, 2.45) is 0 Å². The fourth-order valence-electron chi connectivity index (χ4n) is 3.31. The Balaban J connectivity index is 2.33. The average molecular weight is 459 g/mol. The summed E-state index contributed by atoms with van der Waals surface area (Å²) in [5, 5.41) is 16.4. The number of hydrogen-bond acceptors (Lipinski definition) is 8. The third kappa shape index (κ3) is 7.50. The monoisotopic (exact) mass is 458 g/mol. The predicted octanol–water partition coefficient (Wildman–Crippen LogP) is 2.19. The van der Waals surface area contributed by atoms with Gasteiger partial charge in [0, 0.05) is 17.1 Å². The lowest BCUT2D eigenvalue weighted by atomic mass is 9.98. The number of carbonyl (C=O) groups excluding carboxylic acids is 3. The number of para-hydroxylation sites is 1. The summed E-state index contributed by atoms with van der Waals surface area (Å²) in [5.41, 5.74) is 1.02. The van der Waals surface area contributed by atoms with Crippen molar-refractivity contribution >= 4 is 28.9 Å². The highest BCUT2D eigenvalue weighted by molar-refractivity contribution is 5.84. The molecule has 1 amide bonds. The third-order valence-corrected chi connectivity index (χ3v) is 4.82. The number of nitrogens with zero attached hydrogens (tertiary/aromatic N) is 1. The van der Waals surface area contributed by atoms with Crippen LogP contribution in [0.3, 0.4) is 0 Å². The van der Waals surface area contributed by atoms with Crippen LogP contribution in [-0.2, 0) is 30.2 Å². The van der Waals surface area contributed by atoms with Crippen LogP contribution >= 0.6 is 0 Å². The molecule has 1 aromatic heterocycles. The van der Waals surface area contributed by atoms with E-state index in [-0.39, 0.29) is 12.8 Å². The smallest absolute Gasteiger partial charge is 0.407 e. The zero-order chi connectivity index (χ0) is 24.6. The van der Waals surface area contributed by atoms with Crippen LogP contribution in [-0.4, -0.2) is 61.0 Å². The Bertz CT molecular complexity index is 1020. The highest BCUT2D eigenvalue weighted by Crippen LogP contribution is 2.20. The van der Waals surface area contributed by atoms with E-state index in [1.165, 1.54) is 14.2 Å². The first kappa shape index (κ1) is 25.7. The van der Waals surface area contributed by atoms with E-state index in [9.17, 15) is 19.6 Å². The number of nitrogens with one attached hydrogen (secondary N) is 3. The molecule has 0 fully saturated rings. The second-order valence-corrected chi connectivity index (χ2v) is 8.45. The number of fused-ring (bicyclic) bond motifs is 1. The lowest BCUT2D eigenvalue weighted by Gasteiger charge is -2.28. The lowest BCUT2D eigenvalue weighted by Crippen LogP contribution is -2.56. The fraction of sp³-hybridized carbons (Fsp3) is 0.478. The minimum atomic E-state index is -1.14. The second kappa shape index (κ2) is 11.3. The Morgan fingerprint density at radius 3 is 2.45 bits per heavy atom. The van der Waals surface area contributed by atoms with E-state index in [1.807, 2.05) is 24.3 Å². The van der Waals surface area contributed by atoms with E-state index in [1.54, 1.807) is 27.0 Å². The molecule has 178 valence electrons. The Kier molecular flexibility index (Phi) is 8.82. The molecule has 3 N–H and O–H groups in total. The predicted molar refractivity (Wildman–Crippen MR) is 120 cm³/mol. The van der Waals surface area contributed by atoms with Crippen LogP contribution in [0.15, 0.2) is 30.5 Å². The number of benzene rings is 1. The van der Waals surface area contributed by atoms with E-state index in [0.29, 0.717) is 0 Å². The minimum absolute atomic E-state index is 0.251. The quantitative estimate of drug-likeness (QED) is 0.383. The van der Waals surface area contributed by atoms with E-state index in [2.05, 4.69) is 26.4 Å². The standard InChI is InChI=1S/C23H30N4O6/c1-23(2,3)33-22(30)27-17(10-14-13-25-16-9-7-6-8-15(14)16)19(12-24)26-18(21(29)32-5)11-20(28)31-4/h6-9,13,17-19,25-26H,10-11H2,1-5H3,(H,27,30)/t17-,18-,19-/m0/s1. The topological polar surface area (TPSA) is 143 Å². The van der Waals surface area contributed by atoms with Crippen LogP contribution in [0.5, 0.6) is 0 Å². The number of alkyl carbamates (subject to hydrolysis) is 1. The molecule has 0 saturated heterocycles. The Labute approximate surface area is 192 Å². The van der Waals surface area contributed by atoms with Crippen LogP contribution in [0.2, 0.25) is 0 Å². The van der Waals surface area contributed by atoms with Crippen LogP contribution < -0.4 is 10.6 Å². The molecule has 0 unspecified atom stereocenters. The molecule has 0 spiro atoms. The molecule has 0 aliphatic carbocycles. The molecule has 0 bridgehead atoms. The van der Waals surface area contributed by atoms with Gasteiger partial charge in [0.05, 0.1) is 32.8 Å². The SMILES string of the molecule is COC(=O)C[C@H](N[C@@H](C#N)[C@H](Cc1c[nH]c2ccccc12)NC(=O)OC(C)(C)C)C(=O)OC. The number of hydrogen-bond donors (Lipinski definition) is 3. The Morgan fingerprint density at radius 1 is 1.15 bits per heavy atom. The first-order valence-electron chi connectivity index (χ1n) is 10.4. The highest BCUT2D eigenvalue weighted by atomic mass is 16.6. The summed E-state index contributed by atoms with van der Waals surface area (Å²) in [7, 11) is 2.38. The van der Waals surface area contributed by atoms with Gasteiger partial charge in [0.2, 0.25) is 0 Å². The van der Waals surface area contributed by atoms with Crippen molar-refractivity contribution in [3.63, 3.8) is 0 Å². The van der Waals surface area contributed by atoms with Gasteiger partial charge in [-0.1, -0.05) is 18.2 Å². The van der Waals surface area contributed by atoms with Crippen molar-refractivity contribution in [1.82, 2.24) is 15.6 Å². The minimum Gasteiger partial charge on any atom is -0.469 e. The summed E-state index contributed by atoms with van der Waals surface area (Å²) in [4.78, 5) is 39.7. The van der Waals surface area contributed by atoms with Gasteiger partial charge in [0.25, 0.3) is 0 Å². The number of methoxy groups -OCH3 is 2. The van der Waals surface area contributed by atoms with Gasteiger partial charge in [0.15, 0.2) is 0 Å². The number of carbonyl (C=O) groups is 3. The molecule has 0 aliphatic rings. The van der Waals surface area contributed by atoms with Gasteiger partial charge in [-0.25, -0.2) is 4.79 Å². The number of H-pyrrole nitrogens is 1. The maximum Gasteiger partial charge on any atom is 0.407 e. The third-order valence-electron chi connectivity index (χ3n) is 4.82. The van der Waals surface area contributed by atoms with E-state index >= 15 is 0 Å². The molecule has 0 aliphatic heterocycles. The largest absolute Gasteiger partial charge is 0.469 e. The zero-order valence-corrected chi connectivity index (χ0v) is 19.4.